The number of rotatable bonds is 10. The molecule has 3 heteroatoms. The van der Waals surface area contributed by atoms with Crippen LogP contribution in [-0.4, -0.2) is 61.7 Å². The molecule has 1 rings (SSSR count). The molecule has 1 saturated heterocycles. The maximum Gasteiger partial charge on any atom is 0.0223 e. The van der Waals surface area contributed by atoms with Crippen molar-refractivity contribution in [2.45, 2.75) is 65.0 Å². The zero-order valence-electron chi connectivity index (χ0n) is 13.6. The molecule has 0 aromatic rings. The quantitative estimate of drug-likeness (QED) is 0.657. The summed E-state index contributed by atoms with van der Waals surface area (Å²) in [6.07, 6.45) is 6.68. The maximum absolute atomic E-state index is 3.57. The molecule has 0 radical (unpaired) electrons. The molecule has 0 aromatic heterocycles. The highest BCUT2D eigenvalue weighted by Crippen LogP contribution is 2.17. The molecule has 0 aromatic carbocycles. The number of likely N-dealkylation sites (N-methyl/N-ethyl adjacent to an activating group) is 2. The van der Waals surface area contributed by atoms with Crippen molar-refractivity contribution in [2.24, 2.45) is 0 Å². The lowest BCUT2D eigenvalue weighted by Gasteiger charge is -2.28. The van der Waals surface area contributed by atoms with Crippen LogP contribution < -0.4 is 5.32 Å². The number of hydrogen-bond donors (Lipinski definition) is 1. The lowest BCUT2D eigenvalue weighted by molar-refractivity contribution is 0.195. The van der Waals surface area contributed by atoms with E-state index in [2.05, 4.69) is 42.9 Å². The van der Waals surface area contributed by atoms with Crippen molar-refractivity contribution in [1.29, 1.82) is 0 Å². The highest BCUT2D eigenvalue weighted by Gasteiger charge is 2.23. The minimum atomic E-state index is 0.719. The van der Waals surface area contributed by atoms with E-state index in [0.717, 1.165) is 18.6 Å². The zero-order chi connectivity index (χ0) is 14.1. The number of hydrogen-bond acceptors (Lipinski definition) is 3. The molecular formula is C16H35N3. The van der Waals surface area contributed by atoms with E-state index in [-0.39, 0.29) is 0 Å². The van der Waals surface area contributed by atoms with Gasteiger partial charge in [0.05, 0.1) is 0 Å². The van der Waals surface area contributed by atoms with Crippen LogP contribution in [0.5, 0.6) is 0 Å². The Hall–Kier alpha value is -0.120. The van der Waals surface area contributed by atoms with Crippen molar-refractivity contribution in [2.75, 3.05) is 39.8 Å². The Bertz CT molecular complexity index is 220. The smallest absolute Gasteiger partial charge is 0.0223 e. The third-order valence-electron chi connectivity index (χ3n) is 4.51. The van der Waals surface area contributed by atoms with E-state index in [1.807, 2.05) is 0 Å². The topological polar surface area (TPSA) is 18.5 Å². The normalized spacial score (nSPS) is 22.3. The molecule has 0 saturated carbocycles. The molecule has 1 aliphatic heterocycles. The van der Waals surface area contributed by atoms with Gasteiger partial charge in [-0.25, -0.2) is 0 Å². The van der Waals surface area contributed by atoms with Gasteiger partial charge in [0, 0.05) is 18.6 Å². The molecule has 2 atom stereocenters. The highest BCUT2D eigenvalue weighted by atomic mass is 15.2. The molecule has 1 aliphatic rings. The highest BCUT2D eigenvalue weighted by molar-refractivity contribution is 4.80. The first-order valence-corrected chi connectivity index (χ1v) is 8.37. The van der Waals surface area contributed by atoms with Crippen molar-refractivity contribution in [3.63, 3.8) is 0 Å². The summed E-state index contributed by atoms with van der Waals surface area (Å²) >= 11 is 0. The van der Waals surface area contributed by atoms with Gasteiger partial charge in [-0.3, -0.25) is 4.90 Å². The van der Waals surface area contributed by atoms with Crippen LogP contribution in [-0.2, 0) is 0 Å². The number of likely N-dealkylation sites (tertiary alicyclic amines) is 1. The summed E-state index contributed by atoms with van der Waals surface area (Å²) in [4.78, 5) is 5.18. The summed E-state index contributed by atoms with van der Waals surface area (Å²) in [5.74, 6) is 0. The van der Waals surface area contributed by atoms with E-state index >= 15 is 0 Å². The molecule has 1 N–H and O–H groups in total. The lowest BCUT2D eigenvalue weighted by Crippen LogP contribution is -2.39. The second-order valence-corrected chi connectivity index (χ2v) is 5.99. The van der Waals surface area contributed by atoms with E-state index in [1.165, 1.54) is 58.3 Å². The Labute approximate surface area is 120 Å². The van der Waals surface area contributed by atoms with Crippen molar-refractivity contribution < 1.29 is 0 Å². The standard InChI is InChI=1S/C16H35N3/c1-5-15(17-6-2)10-8-12-18(4)14-16-11-9-13-19(16)7-3/h15-17H,5-14H2,1-4H3. The molecular weight excluding hydrogens is 234 g/mol. The predicted molar refractivity (Wildman–Crippen MR) is 84.8 cm³/mol. The van der Waals surface area contributed by atoms with Gasteiger partial charge in [-0.05, 0) is 65.3 Å². The molecule has 3 nitrogen and oxygen atoms in total. The lowest BCUT2D eigenvalue weighted by atomic mass is 10.1. The van der Waals surface area contributed by atoms with Crippen LogP contribution in [0, 0.1) is 0 Å². The Morgan fingerprint density at radius 1 is 1.32 bits per heavy atom. The third-order valence-corrected chi connectivity index (χ3v) is 4.51. The molecule has 0 aliphatic carbocycles. The average Bonchev–Trinajstić information content (AvgIpc) is 2.84. The van der Waals surface area contributed by atoms with Gasteiger partial charge < -0.3 is 10.2 Å². The van der Waals surface area contributed by atoms with Crippen LogP contribution in [0.15, 0.2) is 0 Å². The summed E-state index contributed by atoms with van der Waals surface area (Å²) < 4.78 is 0. The Balaban J connectivity index is 2.15. The van der Waals surface area contributed by atoms with Gasteiger partial charge in [-0.15, -0.1) is 0 Å². The van der Waals surface area contributed by atoms with Crippen LogP contribution >= 0.6 is 0 Å². The van der Waals surface area contributed by atoms with E-state index < -0.39 is 0 Å². The van der Waals surface area contributed by atoms with Crippen LogP contribution in [0.1, 0.15) is 52.9 Å². The average molecular weight is 269 g/mol. The fourth-order valence-corrected chi connectivity index (χ4v) is 3.32. The number of nitrogens with one attached hydrogen (secondary N) is 1. The van der Waals surface area contributed by atoms with Crippen molar-refractivity contribution in [3.8, 4) is 0 Å². The van der Waals surface area contributed by atoms with E-state index in [4.69, 9.17) is 0 Å². The second kappa shape index (κ2) is 9.73. The summed E-state index contributed by atoms with van der Waals surface area (Å²) in [6, 6.07) is 1.53. The first-order chi connectivity index (χ1) is 9.21. The van der Waals surface area contributed by atoms with E-state index in [1.54, 1.807) is 0 Å². The molecule has 1 fully saturated rings. The Morgan fingerprint density at radius 3 is 2.74 bits per heavy atom. The Kier molecular flexibility index (Phi) is 8.67. The maximum atomic E-state index is 3.57. The van der Waals surface area contributed by atoms with E-state index in [9.17, 15) is 0 Å². The second-order valence-electron chi connectivity index (χ2n) is 5.99. The minimum absolute atomic E-state index is 0.719. The third kappa shape index (κ3) is 6.24. The van der Waals surface area contributed by atoms with Gasteiger partial charge >= 0.3 is 0 Å². The van der Waals surface area contributed by atoms with Crippen molar-refractivity contribution in [3.05, 3.63) is 0 Å². The van der Waals surface area contributed by atoms with Gasteiger partial charge in [0.1, 0.15) is 0 Å². The summed E-state index contributed by atoms with van der Waals surface area (Å²) in [7, 11) is 2.29. The van der Waals surface area contributed by atoms with Gasteiger partial charge in [0.2, 0.25) is 0 Å². The Morgan fingerprint density at radius 2 is 2.11 bits per heavy atom. The van der Waals surface area contributed by atoms with Gasteiger partial charge in [0.25, 0.3) is 0 Å². The van der Waals surface area contributed by atoms with Crippen LogP contribution in [0.4, 0.5) is 0 Å². The van der Waals surface area contributed by atoms with Gasteiger partial charge in [-0.2, -0.15) is 0 Å². The SMILES string of the molecule is CCNC(CC)CCCN(C)CC1CCCN1CC. The van der Waals surface area contributed by atoms with Gasteiger partial charge in [-0.1, -0.05) is 20.8 Å². The first kappa shape index (κ1) is 16.9. The first-order valence-electron chi connectivity index (χ1n) is 8.37. The summed E-state index contributed by atoms with van der Waals surface area (Å²) in [5.41, 5.74) is 0. The van der Waals surface area contributed by atoms with Gasteiger partial charge in [0.15, 0.2) is 0 Å². The fourth-order valence-electron chi connectivity index (χ4n) is 3.32. The predicted octanol–water partition coefficient (Wildman–Crippen LogP) is 2.57. The summed E-state index contributed by atoms with van der Waals surface area (Å²) in [6.45, 7) is 12.9. The molecule has 0 bridgehead atoms. The summed E-state index contributed by atoms with van der Waals surface area (Å²) in [5, 5.41) is 3.57. The molecule has 0 spiro atoms. The minimum Gasteiger partial charge on any atom is -0.314 e. The zero-order valence-corrected chi connectivity index (χ0v) is 13.6. The monoisotopic (exact) mass is 269 g/mol. The molecule has 114 valence electrons. The van der Waals surface area contributed by atoms with Crippen LogP contribution in [0.25, 0.3) is 0 Å². The van der Waals surface area contributed by atoms with Crippen LogP contribution in [0.3, 0.4) is 0 Å². The largest absolute Gasteiger partial charge is 0.314 e. The molecule has 2 unspecified atom stereocenters. The number of nitrogens with zero attached hydrogens (tertiary/aromatic N) is 2. The fraction of sp³-hybridized carbons (Fsp3) is 1.00. The van der Waals surface area contributed by atoms with Crippen molar-refractivity contribution >= 4 is 0 Å². The molecule has 19 heavy (non-hydrogen) atoms. The molecule has 0 amide bonds. The van der Waals surface area contributed by atoms with Crippen LogP contribution in [0.2, 0.25) is 0 Å². The molecule has 1 heterocycles. The van der Waals surface area contributed by atoms with E-state index in [0.29, 0.717) is 0 Å². The van der Waals surface area contributed by atoms with Crippen molar-refractivity contribution in [1.82, 2.24) is 15.1 Å².